The summed E-state index contributed by atoms with van der Waals surface area (Å²) in [5.41, 5.74) is 3.78. The van der Waals surface area contributed by atoms with Crippen molar-refractivity contribution in [3.8, 4) is 17.1 Å². The van der Waals surface area contributed by atoms with Gasteiger partial charge in [0.05, 0.1) is 28.1 Å². The summed E-state index contributed by atoms with van der Waals surface area (Å²) in [5, 5.41) is 24.6. The van der Waals surface area contributed by atoms with Crippen LogP contribution in [0, 0.1) is 0 Å². The Labute approximate surface area is 276 Å². The Morgan fingerprint density at radius 1 is 0.978 bits per heavy atom. The number of nitrogens with one attached hydrogen (secondary N) is 2. The van der Waals surface area contributed by atoms with E-state index in [4.69, 9.17) is 27.9 Å². The van der Waals surface area contributed by atoms with Crippen LogP contribution in [0.15, 0.2) is 66.7 Å². The molecule has 6 rings (SSSR count). The monoisotopic (exact) mass is 663 g/mol. The van der Waals surface area contributed by atoms with Crippen LogP contribution in [0.25, 0.3) is 11.4 Å². The molecule has 1 aromatic heterocycles. The van der Waals surface area contributed by atoms with Gasteiger partial charge in [-0.15, -0.1) is 5.10 Å². The molecule has 0 spiro atoms. The van der Waals surface area contributed by atoms with Crippen molar-refractivity contribution < 1.29 is 19.5 Å². The molecule has 2 aliphatic heterocycles. The van der Waals surface area contributed by atoms with Crippen molar-refractivity contribution >= 4 is 35.0 Å². The fraction of sp³-hybridized carbons (Fsp3) is 0.364. The summed E-state index contributed by atoms with van der Waals surface area (Å²) in [4.78, 5) is 31.2. The molecule has 2 aliphatic rings. The molecule has 46 heavy (non-hydrogen) atoms. The summed E-state index contributed by atoms with van der Waals surface area (Å²) in [6.45, 7) is 3.15. The second kappa shape index (κ2) is 13.4. The topological polar surface area (TPSA) is 137 Å². The van der Waals surface area contributed by atoms with E-state index >= 15 is 0 Å². The molecule has 1 atom stereocenters. The Balaban J connectivity index is 1.23. The molecule has 2 fully saturated rings. The molecule has 3 N–H and O–H groups in total. The number of hydrogen-bond acceptors (Lipinski definition) is 8. The van der Waals surface area contributed by atoms with Gasteiger partial charge in [-0.3, -0.25) is 14.8 Å². The molecule has 0 bridgehead atoms. The van der Waals surface area contributed by atoms with Crippen molar-refractivity contribution in [3.05, 3.63) is 93.5 Å². The molecule has 2 saturated heterocycles. The first-order valence-electron chi connectivity index (χ1n) is 15.2. The van der Waals surface area contributed by atoms with Crippen molar-refractivity contribution in [2.24, 2.45) is 0 Å². The van der Waals surface area contributed by atoms with Crippen LogP contribution in [0.2, 0.25) is 10.0 Å². The number of H-pyrrole nitrogens is 1. The lowest BCUT2D eigenvalue weighted by molar-refractivity contribution is -0.137. The van der Waals surface area contributed by atoms with E-state index in [1.54, 1.807) is 25.3 Å². The Morgan fingerprint density at radius 2 is 1.76 bits per heavy atom. The summed E-state index contributed by atoms with van der Waals surface area (Å²) in [5.74, 6) is 0.399. The normalized spacial score (nSPS) is 19.6. The van der Waals surface area contributed by atoms with Gasteiger partial charge in [0.1, 0.15) is 5.75 Å². The fourth-order valence-electron chi connectivity index (χ4n) is 6.97. The van der Waals surface area contributed by atoms with Gasteiger partial charge in [-0.1, -0.05) is 59.6 Å². The molecule has 3 heterocycles. The molecule has 0 radical (unpaired) electrons. The number of amides is 2. The third kappa shape index (κ3) is 6.07. The summed E-state index contributed by atoms with van der Waals surface area (Å²) in [6.07, 6.45) is 2.65. The second-order valence-electron chi connectivity index (χ2n) is 12.0. The maximum Gasteiger partial charge on any atom is 0.257 e. The van der Waals surface area contributed by atoms with Crippen molar-refractivity contribution in [3.63, 3.8) is 0 Å². The first kappa shape index (κ1) is 31.9. The number of hydrogen-bond donors (Lipinski definition) is 3. The third-order valence-corrected chi connectivity index (χ3v) is 10.4. The average molecular weight is 665 g/mol. The molecule has 0 aliphatic carbocycles. The first-order chi connectivity index (χ1) is 22.3. The minimum Gasteiger partial charge on any atom is -0.496 e. The number of methoxy groups -OCH3 is 1. The lowest BCUT2D eigenvalue weighted by atomic mass is 9.71. The van der Waals surface area contributed by atoms with Gasteiger partial charge in [0, 0.05) is 24.1 Å². The minimum absolute atomic E-state index is 0.145. The zero-order chi connectivity index (χ0) is 32.3. The highest BCUT2D eigenvalue weighted by Gasteiger charge is 2.45. The summed E-state index contributed by atoms with van der Waals surface area (Å²) in [6, 6.07) is 20.7. The zero-order valence-electron chi connectivity index (χ0n) is 25.4. The number of tetrazole rings is 1. The number of likely N-dealkylation sites (tertiary alicyclic amines) is 2. The maximum absolute atomic E-state index is 14.1. The fourth-order valence-corrected chi connectivity index (χ4v) is 7.27. The van der Waals surface area contributed by atoms with Gasteiger partial charge in [-0.05, 0) is 97.2 Å². The second-order valence-corrected chi connectivity index (χ2v) is 12.8. The van der Waals surface area contributed by atoms with Crippen LogP contribution in [0.4, 0.5) is 0 Å². The number of aromatic amines is 1. The van der Waals surface area contributed by atoms with E-state index in [1.807, 2.05) is 58.9 Å². The van der Waals surface area contributed by atoms with Crippen LogP contribution >= 0.6 is 23.2 Å². The summed E-state index contributed by atoms with van der Waals surface area (Å²) < 4.78 is 5.57. The Morgan fingerprint density at radius 3 is 2.43 bits per heavy atom. The van der Waals surface area contributed by atoms with E-state index < -0.39 is 5.41 Å². The number of carbonyl (C=O) groups excluding carboxylic acids is 2. The SMILES string of the molecule is COc1ccc(-c2nnn[nH]2)cc1C(=O)N1CCC(CCN2CCC(C(=O)NO)(c3ccccc3)CC2)(c2ccc(Cl)c(Cl)c2)C1. The molecule has 2 amide bonds. The quantitative estimate of drug-likeness (QED) is 0.170. The van der Waals surface area contributed by atoms with Crippen LogP contribution in [0.5, 0.6) is 5.75 Å². The van der Waals surface area contributed by atoms with Crippen LogP contribution in [0.1, 0.15) is 47.2 Å². The van der Waals surface area contributed by atoms with Crippen LogP contribution in [-0.4, -0.2) is 87.3 Å². The molecular weight excluding hydrogens is 629 g/mol. The van der Waals surface area contributed by atoms with Gasteiger partial charge in [-0.25, -0.2) is 10.6 Å². The van der Waals surface area contributed by atoms with Crippen LogP contribution in [0.3, 0.4) is 0 Å². The van der Waals surface area contributed by atoms with Crippen molar-refractivity contribution in [1.29, 1.82) is 0 Å². The Kier molecular flexibility index (Phi) is 9.28. The maximum atomic E-state index is 14.1. The molecular formula is C33H35Cl2N7O4. The van der Waals surface area contributed by atoms with Gasteiger partial charge in [-0.2, -0.15) is 0 Å². The summed E-state index contributed by atoms with van der Waals surface area (Å²) >= 11 is 12.8. The number of nitrogens with zero attached hydrogens (tertiary/aromatic N) is 5. The highest BCUT2D eigenvalue weighted by molar-refractivity contribution is 6.42. The predicted molar refractivity (Wildman–Crippen MR) is 173 cm³/mol. The predicted octanol–water partition coefficient (Wildman–Crippen LogP) is 4.90. The highest BCUT2D eigenvalue weighted by Crippen LogP contribution is 2.42. The molecule has 3 aromatic carbocycles. The molecule has 13 heteroatoms. The van der Waals surface area contributed by atoms with Crippen LogP contribution in [-0.2, 0) is 15.6 Å². The highest BCUT2D eigenvalue weighted by atomic mass is 35.5. The average Bonchev–Trinajstić information content (AvgIpc) is 3.80. The van der Waals surface area contributed by atoms with Gasteiger partial charge in [0.15, 0.2) is 5.82 Å². The number of ether oxygens (including phenoxy) is 1. The van der Waals surface area contributed by atoms with E-state index in [2.05, 4.69) is 25.5 Å². The number of benzene rings is 3. The van der Waals surface area contributed by atoms with Gasteiger partial charge in [0.25, 0.3) is 11.8 Å². The molecule has 1 unspecified atom stereocenters. The van der Waals surface area contributed by atoms with Gasteiger partial charge < -0.3 is 14.5 Å². The first-order valence-corrected chi connectivity index (χ1v) is 15.9. The lowest BCUT2D eigenvalue weighted by Crippen LogP contribution is -2.51. The van der Waals surface area contributed by atoms with E-state index in [0.29, 0.717) is 71.8 Å². The number of carbonyl (C=O) groups is 2. The molecule has 0 saturated carbocycles. The van der Waals surface area contributed by atoms with E-state index in [-0.39, 0.29) is 17.2 Å². The lowest BCUT2D eigenvalue weighted by Gasteiger charge is -2.41. The number of halogens is 2. The minimum atomic E-state index is -0.792. The van der Waals surface area contributed by atoms with Crippen LogP contribution < -0.4 is 10.2 Å². The number of piperidine rings is 1. The number of hydroxylamine groups is 1. The van der Waals surface area contributed by atoms with Gasteiger partial charge in [0.2, 0.25) is 0 Å². The molecule has 11 nitrogen and oxygen atoms in total. The van der Waals surface area contributed by atoms with Crippen molar-refractivity contribution in [2.45, 2.75) is 36.5 Å². The van der Waals surface area contributed by atoms with E-state index in [1.165, 1.54) is 0 Å². The largest absolute Gasteiger partial charge is 0.496 e. The van der Waals surface area contributed by atoms with E-state index in [0.717, 1.165) is 30.5 Å². The molecule has 240 valence electrons. The Hall–Kier alpha value is -4.03. The van der Waals surface area contributed by atoms with Crippen molar-refractivity contribution in [2.75, 3.05) is 39.8 Å². The Bertz CT molecular complexity index is 1700. The smallest absolute Gasteiger partial charge is 0.257 e. The summed E-state index contributed by atoms with van der Waals surface area (Å²) in [7, 11) is 1.54. The molecule has 4 aromatic rings. The number of aromatic nitrogens is 4. The number of rotatable bonds is 9. The zero-order valence-corrected chi connectivity index (χ0v) is 26.9. The van der Waals surface area contributed by atoms with E-state index in [9.17, 15) is 14.8 Å². The van der Waals surface area contributed by atoms with Crippen molar-refractivity contribution in [1.82, 2.24) is 35.9 Å². The third-order valence-electron chi connectivity index (χ3n) is 9.70. The van der Waals surface area contributed by atoms with Gasteiger partial charge >= 0.3 is 0 Å². The standard InChI is InChI=1S/C33H35Cl2N7O4/c1-46-28-10-7-22(29-36-39-40-37-29)19-25(28)30(43)42-18-12-32(21-42,24-8-9-26(34)27(35)20-24)11-15-41-16-13-33(14-17-41,31(44)38-45)23-5-3-2-4-6-23/h2-10,19-20,45H,11-18,21H2,1H3,(H,38,44)(H,36,37,39,40).